The van der Waals surface area contributed by atoms with Crippen LogP contribution in [0.3, 0.4) is 0 Å². The van der Waals surface area contributed by atoms with Gasteiger partial charge in [0.25, 0.3) is 5.91 Å². The Kier molecular flexibility index (Phi) is 5.79. The highest BCUT2D eigenvalue weighted by Gasteiger charge is 2.10. The SMILES string of the molecule is CN(/C=C(/C#N)C(=O)Nc1cccc(Cl)c1)Cc1ccccc1. The third kappa shape index (κ3) is 5.17. The molecule has 0 aliphatic rings. The summed E-state index contributed by atoms with van der Waals surface area (Å²) >= 11 is 5.88. The molecule has 23 heavy (non-hydrogen) atoms. The molecule has 1 N–H and O–H groups in total. The van der Waals surface area contributed by atoms with Crippen LogP contribution in [0.1, 0.15) is 5.56 Å². The third-order valence-corrected chi connectivity index (χ3v) is 3.31. The van der Waals surface area contributed by atoms with E-state index in [2.05, 4.69) is 5.32 Å². The zero-order chi connectivity index (χ0) is 16.7. The molecule has 2 aromatic carbocycles. The maximum absolute atomic E-state index is 12.2. The maximum Gasteiger partial charge on any atom is 0.267 e. The lowest BCUT2D eigenvalue weighted by molar-refractivity contribution is -0.112. The summed E-state index contributed by atoms with van der Waals surface area (Å²) in [6.45, 7) is 0.608. The Bertz CT molecular complexity index is 750. The minimum Gasteiger partial charge on any atom is -0.375 e. The van der Waals surface area contributed by atoms with Crippen LogP contribution in [0.15, 0.2) is 66.4 Å². The fourth-order valence-electron chi connectivity index (χ4n) is 2.04. The summed E-state index contributed by atoms with van der Waals surface area (Å²) in [5, 5.41) is 12.4. The highest BCUT2D eigenvalue weighted by Crippen LogP contribution is 2.15. The van der Waals surface area contributed by atoms with Crippen LogP contribution >= 0.6 is 11.6 Å². The zero-order valence-electron chi connectivity index (χ0n) is 12.7. The average molecular weight is 326 g/mol. The molecule has 0 unspecified atom stereocenters. The smallest absolute Gasteiger partial charge is 0.267 e. The van der Waals surface area contributed by atoms with E-state index >= 15 is 0 Å². The number of nitrogens with zero attached hydrogens (tertiary/aromatic N) is 2. The Balaban J connectivity index is 2.05. The van der Waals surface area contributed by atoms with E-state index in [1.54, 1.807) is 29.2 Å². The second-order valence-corrected chi connectivity index (χ2v) is 5.46. The van der Waals surface area contributed by atoms with Gasteiger partial charge in [-0.3, -0.25) is 4.79 Å². The second-order valence-electron chi connectivity index (χ2n) is 5.02. The van der Waals surface area contributed by atoms with Gasteiger partial charge in [-0.25, -0.2) is 0 Å². The Morgan fingerprint density at radius 2 is 2.00 bits per heavy atom. The topological polar surface area (TPSA) is 56.1 Å². The van der Waals surface area contributed by atoms with Crippen molar-refractivity contribution in [1.82, 2.24) is 4.90 Å². The van der Waals surface area contributed by atoms with Crippen LogP contribution in [0.25, 0.3) is 0 Å². The molecule has 0 saturated heterocycles. The van der Waals surface area contributed by atoms with Gasteiger partial charge in [-0.05, 0) is 23.8 Å². The minimum atomic E-state index is -0.463. The molecule has 0 spiro atoms. The number of nitrogens with one attached hydrogen (secondary N) is 1. The number of amides is 1. The number of carbonyl (C=O) groups is 1. The number of halogens is 1. The van der Waals surface area contributed by atoms with E-state index < -0.39 is 5.91 Å². The first-order chi connectivity index (χ1) is 11.1. The summed E-state index contributed by atoms with van der Waals surface area (Å²) in [4.78, 5) is 14.0. The van der Waals surface area contributed by atoms with Gasteiger partial charge in [-0.15, -0.1) is 0 Å². The van der Waals surface area contributed by atoms with Gasteiger partial charge in [0, 0.05) is 30.5 Å². The van der Waals surface area contributed by atoms with E-state index in [4.69, 9.17) is 11.6 Å². The summed E-state index contributed by atoms with van der Waals surface area (Å²) in [5.74, 6) is -0.463. The lowest BCUT2D eigenvalue weighted by Crippen LogP contribution is -2.18. The molecule has 0 aromatic heterocycles. The number of benzene rings is 2. The molecule has 2 rings (SSSR count). The summed E-state index contributed by atoms with van der Waals surface area (Å²) in [6.07, 6.45) is 1.53. The van der Waals surface area contributed by atoms with Crippen LogP contribution in [0.5, 0.6) is 0 Å². The van der Waals surface area contributed by atoms with Crippen molar-refractivity contribution in [3.05, 3.63) is 77.0 Å². The molecule has 0 aliphatic carbocycles. The first kappa shape index (κ1) is 16.6. The normalized spacial score (nSPS) is 10.7. The van der Waals surface area contributed by atoms with Gasteiger partial charge < -0.3 is 10.2 Å². The molecule has 2 aromatic rings. The molecule has 0 heterocycles. The molecule has 0 atom stereocenters. The molecule has 0 bridgehead atoms. The van der Waals surface area contributed by atoms with E-state index in [-0.39, 0.29) is 5.57 Å². The summed E-state index contributed by atoms with van der Waals surface area (Å²) < 4.78 is 0. The standard InChI is InChI=1S/C18H16ClN3O/c1-22(12-14-6-3-2-4-7-14)13-15(11-20)18(23)21-17-9-5-8-16(19)10-17/h2-10,13H,12H2,1H3,(H,21,23)/b15-13-. The Morgan fingerprint density at radius 1 is 1.26 bits per heavy atom. The Morgan fingerprint density at radius 3 is 2.65 bits per heavy atom. The molecule has 0 radical (unpaired) electrons. The lowest BCUT2D eigenvalue weighted by atomic mass is 10.2. The minimum absolute atomic E-state index is 0.0309. The van der Waals surface area contributed by atoms with E-state index in [0.717, 1.165) is 5.56 Å². The summed E-state index contributed by atoms with van der Waals surface area (Å²) in [5.41, 5.74) is 1.68. The van der Waals surface area contributed by atoms with E-state index in [9.17, 15) is 10.1 Å². The van der Waals surface area contributed by atoms with Gasteiger partial charge >= 0.3 is 0 Å². The number of anilines is 1. The fourth-order valence-corrected chi connectivity index (χ4v) is 2.23. The van der Waals surface area contributed by atoms with Gasteiger partial charge in [0.2, 0.25) is 0 Å². The van der Waals surface area contributed by atoms with Crippen LogP contribution in [-0.4, -0.2) is 17.9 Å². The second kappa shape index (κ2) is 8.02. The van der Waals surface area contributed by atoms with Crippen molar-refractivity contribution < 1.29 is 4.79 Å². The van der Waals surface area contributed by atoms with Crippen molar-refractivity contribution in [2.75, 3.05) is 12.4 Å². The number of rotatable bonds is 5. The first-order valence-electron chi connectivity index (χ1n) is 7.01. The maximum atomic E-state index is 12.2. The average Bonchev–Trinajstić information content (AvgIpc) is 2.53. The predicted molar refractivity (Wildman–Crippen MR) is 91.7 cm³/mol. The van der Waals surface area contributed by atoms with Crippen molar-refractivity contribution in [2.24, 2.45) is 0 Å². The molecule has 0 aliphatic heterocycles. The van der Waals surface area contributed by atoms with Crippen LogP contribution in [0.4, 0.5) is 5.69 Å². The molecule has 0 fully saturated rings. The van der Waals surface area contributed by atoms with Crippen LogP contribution < -0.4 is 5.32 Å². The molecule has 5 heteroatoms. The van der Waals surface area contributed by atoms with E-state index in [1.165, 1.54) is 6.20 Å². The van der Waals surface area contributed by atoms with Gasteiger partial charge in [-0.2, -0.15) is 5.26 Å². The van der Waals surface area contributed by atoms with Gasteiger partial charge in [0.15, 0.2) is 0 Å². The van der Waals surface area contributed by atoms with Gasteiger partial charge in [0.1, 0.15) is 11.6 Å². The summed E-state index contributed by atoms with van der Waals surface area (Å²) in [6, 6.07) is 18.5. The van der Waals surface area contributed by atoms with E-state index in [0.29, 0.717) is 17.3 Å². The van der Waals surface area contributed by atoms with E-state index in [1.807, 2.05) is 43.4 Å². The number of nitriles is 1. The number of hydrogen-bond acceptors (Lipinski definition) is 3. The third-order valence-electron chi connectivity index (χ3n) is 3.07. The van der Waals surface area contributed by atoms with Crippen molar-refractivity contribution >= 4 is 23.2 Å². The van der Waals surface area contributed by atoms with Crippen LogP contribution in [0, 0.1) is 11.3 Å². The molecular weight excluding hydrogens is 310 g/mol. The molecule has 1 amide bonds. The van der Waals surface area contributed by atoms with Gasteiger partial charge in [-0.1, -0.05) is 48.0 Å². The monoisotopic (exact) mass is 325 g/mol. The zero-order valence-corrected chi connectivity index (χ0v) is 13.4. The van der Waals surface area contributed by atoms with Crippen LogP contribution in [-0.2, 0) is 11.3 Å². The largest absolute Gasteiger partial charge is 0.375 e. The predicted octanol–water partition coefficient (Wildman–Crippen LogP) is 3.82. The fraction of sp³-hybridized carbons (Fsp3) is 0.111. The number of hydrogen-bond donors (Lipinski definition) is 1. The van der Waals surface area contributed by atoms with Crippen molar-refractivity contribution in [3.63, 3.8) is 0 Å². The van der Waals surface area contributed by atoms with Crippen molar-refractivity contribution in [3.8, 4) is 6.07 Å². The quantitative estimate of drug-likeness (QED) is 0.671. The highest BCUT2D eigenvalue weighted by molar-refractivity contribution is 6.31. The summed E-state index contributed by atoms with van der Waals surface area (Å²) in [7, 11) is 1.82. The number of carbonyl (C=O) groups excluding carboxylic acids is 1. The van der Waals surface area contributed by atoms with Crippen molar-refractivity contribution in [2.45, 2.75) is 6.54 Å². The van der Waals surface area contributed by atoms with Crippen LogP contribution in [0.2, 0.25) is 5.02 Å². The molecule has 116 valence electrons. The first-order valence-corrected chi connectivity index (χ1v) is 7.39. The molecular formula is C18H16ClN3O. The molecule has 4 nitrogen and oxygen atoms in total. The lowest BCUT2D eigenvalue weighted by Gasteiger charge is -2.15. The Labute approximate surface area is 140 Å². The van der Waals surface area contributed by atoms with Crippen molar-refractivity contribution in [1.29, 1.82) is 5.26 Å². The highest BCUT2D eigenvalue weighted by atomic mass is 35.5. The molecule has 0 saturated carbocycles. The van der Waals surface area contributed by atoms with Gasteiger partial charge in [0.05, 0.1) is 0 Å². The Hall–Kier alpha value is -2.77.